The lowest BCUT2D eigenvalue weighted by Gasteiger charge is -2.23. The second-order valence-corrected chi connectivity index (χ2v) is 4.83. The number of carbonyl (C=O) groups excluding carboxylic acids is 2. The predicted octanol–water partition coefficient (Wildman–Crippen LogP) is 0.558. The molecule has 0 saturated carbocycles. The van der Waals surface area contributed by atoms with Crippen LogP contribution in [0.15, 0.2) is 36.4 Å². The van der Waals surface area contributed by atoms with Crippen LogP contribution >= 0.6 is 0 Å². The number of ether oxygens (including phenoxy) is 1. The zero-order chi connectivity index (χ0) is 15.4. The summed E-state index contributed by atoms with van der Waals surface area (Å²) in [5.74, 6) is -1.49. The first kappa shape index (κ1) is 15.2. The molecule has 3 atom stereocenters. The van der Waals surface area contributed by atoms with Crippen LogP contribution in [0.5, 0.6) is 5.75 Å². The standard InChI is InChI=1S/C15H16O6/c16-11-6-2-1-5-10(11)15(20)21-9-4-3-7-12(17)14(19)13(18)8-9/h1-3,5-7,9,13-14,16,18-19H,4,8H2. The molecule has 1 aliphatic rings. The van der Waals surface area contributed by atoms with Crippen molar-refractivity contribution in [3.05, 3.63) is 42.0 Å². The number of hydrogen-bond donors (Lipinski definition) is 3. The summed E-state index contributed by atoms with van der Waals surface area (Å²) in [6, 6.07) is 5.96. The third-order valence-electron chi connectivity index (χ3n) is 3.24. The molecule has 0 fully saturated rings. The van der Waals surface area contributed by atoms with Gasteiger partial charge in [-0.2, -0.15) is 0 Å². The molecule has 2 rings (SSSR count). The van der Waals surface area contributed by atoms with E-state index >= 15 is 0 Å². The number of aromatic hydroxyl groups is 1. The van der Waals surface area contributed by atoms with Gasteiger partial charge >= 0.3 is 5.97 Å². The fourth-order valence-corrected chi connectivity index (χ4v) is 2.08. The minimum atomic E-state index is -1.52. The summed E-state index contributed by atoms with van der Waals surface area (Å²) < 4.78 is 5.22. The third kappa shape index (κ3) is 3.68. The minimum Gasteiger partial charge on any atom is -0.507 e. The van der Waals surface area contributed by atoms with Crippen molar-refractivity contribution >= 4 is 11.8 Å². The maximum Gasteiger partial charge on any atom is 0.342 e. The van der Waals surface area contributed by atoms with E-state index in [0.717, 1.165) is 6.08 Å². The Labute approximate surface area is 121 Å². The predicted molar refractivity (Wildman–Crippen MR) is 72.7 cm³/mol. The highest BCUT2D eigenvalue weighted by molar-refractivity contribution is 5.94. The number of ketones is 1. The van der Waals surface area contributed by atoms with Crippen LogP contribution in [0.2, 0.25) is 0 Å². The Bertz CT molecular complexity index is 565. The number of para-hydroxylation sites is 1. The Morgan fingerprint density at radius 3 is 2.67 bits per heavy atom. The molecule has 0 spiro atoms. The van der Waals surface area contributed by atoms with Gasteiger partial charge in [0.25, 0.3) is 0 Å². The van der Waals surface area contributed by atoms with Crippen LogP contribution in [-0.2, 0) is 9.53 Å². The van der Waals surface area contributed by atoms with Gasteiger partial charge in [0.05, 0.1) is 6.10 Å². The van der Waals surface area contributed by atoms with E-state index in [9.17, 15) is 24.9 Å². The maximum absolute atomic E-state index is 12.0. The molecule has 1 aliphatic carbocycles. The van der Waals surface area contributed by atoms with E-state index in [1.54, 1.807) is 12.1 Å². The van der Waals surface area contributed by atoms with E-state index in [1.807, 2.05) is 0 Å². The van der Waals surface area contributed by atoms with Crippen molar-refractivity contribution in [3.8, 4) is 5.75 Å². The monoisotopic (exact) mass is 292 g/mol. The van der Waals surface area contributed by atoms with Crippen LogP contribution in [0.3, 0.4) is 0 Å². The van der Waals surface area contributed by atoms with E-state index < -0.39 is 30.1 Å². The molecule has 112 valence electrons. The fraction of sp³-hybridized carbons (Fsp3) is 0.333. The number of phenolic OH excluding ortho intramolecular Hbond substituents is 1. The van der Waals surface area contributed by atoms with Crippen LogP contribution < -0.4 is 0 Å². The molecule has 6 nitrogen and oxygen atoms in total. The van der Waals surface area contributed by atoms with Crippen molar-refractivity contribution in [2.75, 3.05) is 0 Å². The van der Waals surface area contributed by atoms with E-state index in [4.69, 9.17) is 4.74 Å². The normalized spacial score (nSPS) is 26.0. The van der Waals surface area contributed by atoms with Gasteiger partial charge in [0.2, 0.25) is 0 Å². The number of aliphatic hydroxyl groups is 2. The summed E-state index contributed by atoms with van der Waals surface area (Å²) in [6.45, 7) is 0. The molecule has 3 N–H and O–H groups in total. The molecule has 0 aromatic heterocycles. The maximum atomic E-state index is 12.0. The van der Waals surface area contributed by atoms with Crippen LogP contribution in [-0.4, -0.2) is 45.4 Å². The van der Waals surface area contributed by atoms with Gasteiger partial charge in [-0.3, -0.25) is 4.79 Å². The zero-order valence-electron chi connectivity index (χ0n) is 11.2. The van der Waals surface area contributed by atoms with E-state index in [1.165, 1.54) is 18.2 Å². The highest BCUT2D eigenvalue weighted by atomic mass is 16.5. The summed E-state index contributed by atoms with van der Waals surface area (Å²) >= 11 is 0. The molecule has 3 unspecified atom stereocenters. The first-order chi connectivity index (χ1) is 9.99. The lowest BCUT2D eigenvalue weighted by atomic mass is 9.97. The molecule has 1 aromatic rings. The number of phenols is 1. The molecule has 0 saturated heterocycles. The molecule has 6 heteroatoms. The Balaban J connectivity index is 2.08. The zero-order valence-corrected chi connectivity index (χ0v) is 11.2. The number of aliphatic hydroxyl groups excluding tert-OH is 2. The molecule has 0 amide bonds. The van der Waals surface area contributed by atoms with Gasteiger partial charge < -0.3 is 20.1 Å². The van der Waals surface area contributed by atoms with Crippen LogP contribution in [0.4, 0.5) is 0 Å². The highest BCUT2D eigenvalue weighted by Crippen LogP contribution is 2.21. The molecule has 0 aliphatic heterocycles. The Kier molecular flexibility index (Phi) is 4.72. The molecule has 0 radical (unpaired) electrons. The second kappa shape index (κ2) is 6.51. The highest BCUT2D eigenvalue weighted by Gasteiger charge is 2.29. The smallest absolute Gasteiger partial charge is 0.342 e. The lowest BCUT2D eigenvalue weighted by Crippen LogP contribution is -2.37. The van der Waals surface area contributed by atoms with E-state index in [-0.39, 0.29) is 24.2 Å². The fourth-order valence-electron chi connectivity index (χ4n) is 2.08. The van der Waals surface area contributed by atoms with Gasteiger partial charge in [0.1, 0.15) is 23.5 Å². The Morgan fingerprint density at radius 2 is 1.95 bits per heavy atom. The van der Waals surface area contributed by atoms with Gasteiger partial charge in [-0.15, -0.1) is 0 Å². The molecular weight excluding hydrogens is 276 g/mol. The number of esters is 1. The average molecular weight is 292 g/mol. The van der Waals surface area contributed by atoms with Gasteiger partial charge in [-0.1, -0.05) is 18.2 Å². The van der Waals surface area contributed by atoms with E-state index in [0.29, 0.717) is 0 Å². The lowest BCUT2D eigenvalue weighted by molar-refractivity contribution is -0.129. The van der Waals surface area contributed by atoms with Crippen molar-refractivity contribution < 1.29 is 29.6 Å². The number of benzene rings is 1. The van der Waals surface area contributed by atoms with Crippen LogP contribution in [0.25, 0.3) is 0 Å². The minimum absolute atomic E-state index is 0.0228. The van der Waals surface area contributed by atoms with Crippen molar-refractivity contribution in [2.24, 2.45) is 0 Å². The van der Waals surface area contributed by atoms with Crippen LogP contribution in [0, 0.1) is 0 Å². The summed E-state index contributed by atoms with van der Waals surface area (Å²) in [6.07, 6.45) is -0.678. The Hall–Kier alpha value is -2.18. The molecule has 21 heavy (non-hydrogen) atoms. The summed E-state index contributed by atoms with van der Waals surface area (Å²) in [7, 11) is 0. The van der Waals surface area contributed by atoms with Gasteiger partial charge in [-0.25, -0.2) is 4.79 Å². The summed E-state index contributed by atoms with van der Waals surface area (Å²) in [5, 5.41) is 28.8. The van der Waals surface area contributed by atoms with Crippen molar-refractivity contribution in [1.29, 1.82) is 0 Å². The first-order valence-corrected chi connectivity index (χ1v) is 6.54. The third-order valence-corrected chi connectivity index (χ3v) is 3.24. The topological polar surface area (TPSA) is 104 Å². The molecule has 0 bridgehead atoms. The average Bonchev–Trinajstić information content (AvgIpc) is 2.45. The number of rotatable bonds is 2. The second-order valence-electron chi connectivity index (χ2n) is 4.83. The van der Waals surface area contributed by atoms with Gasteiger partial charge in [-0.05, 0) is 18.2 Å². The molecule has 0 heterocycles. The molecule has 1 aromatic carbocycles. The van der Waals surface area contributed by atoms with Crippen molar-refractivity contribution in [3.63, 3.8) is 0 Å². The van der Waals surface area contributed by atoms with E-state index in [2.05, 4.69) is 0 Å². The molecular formula is C15H16O6. The number of hydrogen-bond acceptors (Lipinski definition) is 6. The van der Waals surface area contributed by atoms with Gasteiger partial charge in [0, 0.05) is 12.8 Å². The van der Waals surface area contributed by atoms with Crippen molar-refractivity contribution in [2.45, 2.75) is 31.2 Å². The van der Waals surface area contributed by atoms with Gasteiger partial charge in [0.15, 0.2) is 5.78 Å². The van der Waals surface area contributed by atoms with Crippen LogP contribution in [0.1, 0.15) is 23.2 Å². The Morgan fingerprint density at radius 1 is 1.24 bits per heavy atom. The van der Waals surface area contributed by atoms with Crippen molar-refractivity contribution in [1.82, 2.24) is 0 Å². The SMILES string of the molecule is O=C(OC1CC=CC(=O)C(O)C(O)C1)c1ccccc1O. The number of carbonyl (C=O) groups is 2. The summed E-state index contributed by atoms with van der Waals surface area (Å²) in [4.78, 5) is 23.3. The largest absolute Gasteiger partial charge is 0.507 e. The quantitative estimate of drug-likeness (QED) is 0.688. The first-order valence-electron chi connectivity index (χ1n) is 6.54. The summed E-state index contributed by atoms with van der Waals surface area (Å²) in [5.41, 5.74) is 0.0228.